The second-order valence-electron chi connectivity index (χ2n) is 7.33. The van der Waals surface area contributed by atoms with E-state index in [1.807, 2.05) is 40.5 Å². The molecule has 1 aromatic rings. The van der Waals surface area contributed by atoms with E-state index >= 15 is 0 Å². The Kier molecular flexibility index (Phi) is 6.99. The van der Waals surface area contributed by atoms with Gasteiger partial charge in [-0.3, -0.25) is 14.3 Å². The largest absolute Gasteiger partial charge is 0.354 e. The number of aromatic nitrogens is 2. The molecule has 2 rings (SSSR count). The summed E-state index contributed by atoms with van der Waals surface area (Å²) in [5.74, 6) is 0.184. The Labute approximate surface area is 150 Å². The molecule has 7 nitrogen and oxygen atoms in total. The van der Waals surface area contributed by atoms with Gasteiger partial charge in [0.1, 0.15) is 0 Å². The summed E-state index contributed by atoms with van der Waals surface area (Å²) in [4.78, 5) is 26.4. The van der Waals surface area contributed by atoms with Gasteiger partial charge in [-0.15, -0.1) is 0 Å². The van der Waals surface area contributed by atoms with Crippen molar-refractivity contribution in [2.75, 3.05) is 20.6 Å². The molecule has 2 amide bonds. The van der Waals surface area contributed by atoms with E-state index in [1.165, 1.54) is 0 Å². The summed E-state index contributed by atoms with van der Waals surface area (Å²) in [6.07, 6.45) is 8.29. The maximum absolute atomic E-state index is 12.2. The minimum Gasteiger partial charge on any atom is -0.354 e. The molecule has 7 heteroatoms. The smallest absolute Gasteiger partial charge is 0.223 e. The van der Waals surface area contributed by atoms with Gasteiger partial charge in [0, 0.05) is 43.7 Å². The molecule has 1 heterocycles. The number of aryl methyl sites for hydroxylation is 1. The second kappa shape index (κ2) is 8.99. The first-order valence-electron chi connectivity index (χ1n) is 9.09. The fourth-order valence-electron chi connectivity index (χ4n) is 3.37. The Bertz CT molecular complexity index is 578. The second-order valence-corrected chi connectivity index (χ2v) is 7.33. The van der Waals surface area contributed by atoms with E-state index in [-0.39, 0.29) is 29.8 Å². The number of rotatable bonds is 8. The molecule has 1 aliphatic rings. The number of amides is 2. The Morgan fingerprint density at radius 2 is 2.04 bits per heavy atom. The van der Waals surface area contributed by atoms with Crippen LogP contribution in [0.1, 0.15) is 50.6 Å². The predicted octanol–water partition coefficient (Wildman–Crippen LogP) is 1.22. The van der Waals surface area contributed by atoms with Crippen molar-refractivity contribution >= 4 is 11.8 Å². The Morgan fingerprint density at radius 1 is 1.36 bits per heavy atom. The van der Waals surface area contributed by atoms with Crippen molar-refractivity contribution in [1.29, 1.82) is 0 Å². The van der Waals surface area contributed by atoms with Crippen molar-refractivity contribution in [3.05, 3.63) is 18.0 Å². The zero-order valence-corrected chi connectivity index (χ0v) is 15.8. The molecule has 1 saturated carbocycles. The van der Waals surface area contributed by atoms with Gasteiger partial charge in [-0.25, -0.2) is 0 Å². The summed E-state index contributed by atoms with van der Waals surface area (Å²) < 4.78 is 1.76. The first-order chi connectivity index (χ1) is 11.9. The number of hydrogen-bond donors (Lipinski definition) is 2. The summed E-state index contributed by atoms with van der Waals surface area (Å²) in [5.41, 5.74) is 1.07. The lowest BCUT2D eigenvalue weighted by atomic mass is 10.1. The number of nitrogens with zero attached hydrogens (tertiary/aromatic N) is 3. The van der Waals surface area contributed by atoms with E-state index in [9.17, 15) is 9.59 Å². The van der Waals surface area contributed by atoms with Crippen molar-refractivity contribution in [2.24, 2.45) is 13.0 Å². The Balaban J connectivity index is 1.77. The maximum atomic E-state index is 12.2. The van der Waals surface area contributed by atoms with Gasteiger partial charge in [-0.2, -0.15) is 5.10 Å². The van der Waals surface area contributed by atoms with Gasteiger partial charge in [0.15, 0.2) is 0 Å². The van der Waals surface area contributed by atoms with E-state index in [0.29, 0.717) is 13.0 Å². The fraction of sp³-hybridized carbons (Fsp3) is 0.722. The number of carbonyl (C=O) groups excluding carboxylic acids is 2. The van der Waals surface area contributed by atoms with Crippen LogP contribution in [0.2, 0.25) is 0 Å². The van der Waals surface area contributed by atoms with Crippen LogP contribution in [0.4, 0.5) is 0 Å². The van der Waals surface area contributed by atoms with Gasteiger partial charge in [0.05, 0.1) is 12.2 Å². The summed E-state index contributed by atoms with van der Waals surface area (Å²) in [6, 6.07) is -0.0784. The third-order valence-corrected chi connectivity index (χ3v) is 4.83. The minimum atomic E-state index is -0.149. The van der Waals surface area contributed by atoms with Crippen molar-refractivity contribution in [2.45, 2.75) is 51.1 Å². The molecular weight excluding hydrogens is 318 g/mol. The highest BCUT2D eigenvalue weighted by atomic mass is 16.2. The number of hydrogen-bond acceptors (Lipinski definition) is 4. The standard InChI is InChI=1S/C18H31N5O2/c1-13(21-18(25)14-7-5-6-8-14)9-17(24)19-11-16(22(2)3)15-10-20-23(4)12-15/h10,12-14,16H,5-9,11H2,1-4H3,(H,19,24)(H,21,25). The quantitative estimate of drug-likeness (QED) is 0.740. The van der Waals surface area contributed by atoms with Crippen LogP contribution in [0.3, 0.4) is 0 Å². The number of nitrogens with one attached hydrogen (secondary N) is 2. The zero-order chi connectivity index (χ0) is 18.4. The van der Waals surface area contributed by atoms with Crippen LogP contribution >= 0.6 is 0 Å². The highest BCUT2D eigenvalue weighted by Gasteiger charge is 2.24. The van der Waals surface area contributed by atoms with Crippen molar-refractivity contribution in [1.82, 2.24) is 25.3 Å². The van der Waals surface area contributed by atoms with E-state index in [4.69, 9.17) is 0 Å². The average Bonchev–Trinajstić information content (AvgIpc) is 3.18. The number of likely N-dealkylation sites (N-methyl/N-ethyl adjacent to an activating group) is 1. The van der Waals surface area contributed by atoms with Crippen LogP contribution < -0.4 is 10.6 Å². The SMILES string of the molecule is CC(CC(=O)NCC(c1cnn(C)c1)N(C)C)NC(=O)C1CCCC1. The predicted molar refractivity (Wildman–Crippen MR) is 96.8 cm³/mol. The van der Waals surface area contributed by atoms with Crippen molar-refractivity contribution in [3.8, 4) is 0 Å². The lowest BCUT2D eigenvalue weighted by Gasteiger charge is -2.24. The molecule has 25 heavy (non-hydrogen) atoms. The third kappa shape index (κ3) is 5.85. The van der Waals surface area contributed by atoms with E-state index in [1.54, 1.807) is 4.68 Å². The first kappa shape index (κ1) is 19.4. The van der Waals surface area contributed by atoms with Gasteiger partial charge in [0.2, 0.25) is 11.8 Å². The van der Waals surface area contributed by atoms with E-state index in [0.717, 1.165) is 31.2 Å². The van der Waals surface area contributed by atoms with Crippen molar-refractivity contribution < 1.29 is 9.59 Å². The van der Waals surface area contributed by atoms with Crippen molar-refractivity contribution in [3.63, 3.8) is 0 Å². The van der Waals surface area contributed by atoms with E-state index in [2.05, 4.69) is 20.6 Å². The topological polar surface area (TPSA) is 79.3 Å². The highest BCUT2D eigenvalue weighted by Crippen LogP contribution is 2.24. The van der Waals surface area contributed by atoms with Crippen LogP contribution in [-0.2, 0) is 16.6 Å². The maximum Gasteiger partial charge on any atom is 0.223 e. The molecule has 0 radical (unpaired) electrons. The molecule has 0 saturated heterocycles. The normalized spacial score (nSPS) is 17.5. The fourth-order valence-corrected chi connectivity index (χ4v) is 3.37. The third-order valence-electron chi connectivity index (χ3n) is 4.83. The van der Waals surface area contributed by atoms with Crippen LogP contribution in [0.25, 0.3) is 0 Å². The molecule has 2 N–H and O–H groups in total. The first-order valence-corrected chi connectivity index (χ1v) is 9.09. The van der Waals surface area contributed by atoms with Crippen LogP contribution in [-0.4, -0.2) is 53.2 Å². The molecule has 140 valence electrons. The monoisotopic (exact) mass is 349 g/mol. The van der Waals surface area contributed by atoms with Crippen LogP contribution in [0.15, 0.2) is 12.4 Å². The Morgan fingerprint density at radius 3 is 2.60 bits per heavy atom. The van der Waals surface area contributed by atoms with Gasteiger partial charge in [-0.1, -0.05) is 12.8 Å². The van der Waals surface area contributed by atoms with Gasteiger partial charge in [0.25, 0.3) is 0 Å². The van der Waals surface area contributed by atoms with Crippen LogP contribution in [0.5, 0.6) is 0 Å². The zero-order valence-electron chi connectivity index (χ0n) is 15.8. The summed E-state index contributed by atoms with van der Waals surface area (Å²) in [7, 11) is 5.84. The molecule has 0 spiro atoms. The number of carbonyl (C=O) groups is 2. The van der Waals surface area contributed by atoms with Crippen LogP contribution in [0, 0.1) is 5.92 Å². The molecule has 1 aliphatic carbocycles. The minimum absolute atomic E-state index is 0.0463. The molecule has 1 aromatic heterocycles. The molecule has 0 bridgehead atoms. The lowest BCUT2D eigenvalue weighted by molar-refractivity contribution is -0.126. The molecule has 1 fully saturated rings. The molecule has 2 unspecified atom stereocenters. The summed E-state index contributed by atoms with van der Waals surface area (Å²) >= 11 is 0. The molecular formula is C18H31N5O2. The summed E-state index contributed by atoms with van der Waals surface area (Å²) in [5, 5.41) is 10.1. The van der Waals surface area contributed by atoms with Gasteiger partial charge in [-0.05, 0) is 33.9 Å². The average molecular weight is 349 g/mol. The molecule has 2 atom stereocenters. The molecule has 0 aromatic carbocycles. The molecule has 0 aliphatic heterocycles. The highest BCUT2D eigenvalue weighted by molar-refractivity contribution is 5.81. The van der Waals surface area contributed by atoms with Gasteiger partial charge >= 0.3 is 0 Å². The van der Waals surface area contributed by atoms with Gasteiger partial charge < -0.3 is 15.5 Å². The summed E-state index contributed by atoms with van der Waals surface area (Å²) in [6.45, 7) is 2.40. The lowest BCUT2D eigenvalue weighted by Crippen LogP contribution is -2.41. The van der Waals surface area contributed by atoms with E-state index < -0.39 is 0 Å². The Hall–Kier alpha value is -1.89.